The number of hydrogen-bond acceptors (Lipinski definition) is 2. The molecule has 13 rings (SSSR count). The third kappa shape index (κ3) is 6.82. The zero-order valence-electron chi connectivity index (χ0n) is 37.2. The molecule has 1 heterocycles. The van der Waals surface area contributed by atoms with Crippen molar-refractivity contribution in [3.63, 3.8) is 0 Å². The highest BCUT2D eigenvalue weighted by Crippen LogP contribution is 2.47. The minimum atomic E-state index is 0.886. The fourth-order valence-electron chi connectivity index (χ4n) is 10.4. The van der Waals surface area contributed by atoms with Crippen molar-refractivity contribution in [2.75, 3.05) is 4.90 Å². The van der Waals surface area contributed by atoms with Crippen LogP contribution in [0.15, 0.2) is 265 Å². The molecule has 0 radical (unpaired) electrons. The summed E-state index contributed by atoms with van der Waals surface area (Å²) in [6, 6.07) is 94.6. The molecule has 68 heavy (non-hydrogen) atoms. The number of fused-ring (bicyclic) bond motifs is 7. The molecule has 0 unspecified atom stereocenters. The highest BCUT2D eigenvalue weighted by molar-refractivity contribution is 6.21. The molecule has 0 N–H and O–H groups in total. The summed E-state index contributed by atoms with van der Waals surface area (Å²) in [6.45, 7) is 0. The maximum absolute atomic E-state index is 6.37. The van der Waals surface area contributed by atoms with Crippen LogP contribution in [0.3, 0.4) is 0 Å². The van der Waals surface area contributed by atoms with Gasteiger partial charge in [0.2, 0.25) is 0 Å². The van der Waals surface area contributed by atoms with Gasteiger partial charge in [0.05, 0.1) is 0 Å². The Morgan fingerprint density at radius 2 is 0.735 bits per heavy atom. The first-order valence-electron chi connectivity index (χ1n) is 23.3. The molecule has 0 saturated heterocycles. The fourth-order valence-corrected chi connectivity index (χ4v) is 10.4. The number of benzene rings is 12. The number of hydrogen-bond donors (Lipinski definition) is 0. The van der Waals surface area contributed by atoms with Crippen LogP contribution in [-0.4, -0.2) is 0 Å². The van der Waals surface area contributed by atoms with Crippen molar-refractivity contribution in [2.24, 2.45) is 0 Å². The molecule has 0 saturated carbocycles. The van der Waals surface area contributed by atoms with E-state index in [1.54, 1.807) is 0 Å². The summed E-state index contributed by atoms with van der Waals surface area (Å²) < 4.78 is 6.37. The molecule has 1 aromatic heterocycles. The van der Waals surface area contributed by atoms with E-state index in [1.807, 2.05) is 6.07 Å². The van der Waals surface area contributed by atoms with Crippen molar-refractivity contribution in [3.05, 3.63) is 261 Å². The van der Waals surface area contributed by atoms with Gasteiger partial charge in [-0.2, -0.15) is 0 Å². The van der Waals surface area contributed by atoms with E-state index in [1.165, 1.54) is 65.7 Å². The summed E-state index contributed by atoms with van der Waals surface area (Å²) in [5.41, 5.74) is 16.8. The molecular formula is C66H43NO. The Morgan fingerprint density at radius 3 is 1.44 bits per heavy atom. The summed E-state index contributed by atoms with van der Waals surface area (Å²) in [7, 11) is 0. The van der Waals surface area contributed by atoms with Gasteiger partial charge >= 0.3 is 0 Å². The van der Waals surface area contributed by atoms with E-state index >= 15 is 0 Å². The van der Waals surface area contributed by atoms with Gasteiger partial charge in [0, 0.05) is 27.8 Å². The maximum Gasteiger partial charge on any atom is 0.136 e. The van der Waals surface area contributed by atoms with Gasteiger partial charge in [-0.15, -0.1) is 0 Å². The predicted molar refractivity (Wildman–Crippen MR) is 288 cm³/mol. The molecule has 0 aliphatic carbocycles. The average Bonchev–Trinajstić information content (AvgIpc) is 3.80. The van der Waals surface area contributed by atoms with Crippen LogP contribution < -0.4 is 4.90 Å². The molecule has 13 aromatic rings. The summed E-state index contributed by atoms with van der Waals surface area (Å²) in [6.07, 6.45) is 0. The Labute approximate surface area is 395 Å². The molecule has 0 atom stereocenters. The largest absolute Gasteiger partial charge is 0.456 e. The fraction of sp³-hybridized carbons (Fsp3) is 0. The van der Waals surface area contributed by atoms with Crippen LogP contribution in [0, 0.1) is 0 Å². The van der Waals surface area contributed by atoms with Crippen molar-refractivity contribution in [1.29, 1.82) is 0 Å². The van der Waals surface area contributed by atoms with Gasteiger partial charge in [-0.3, -0.25) is 0 Å². The standard InChI is InChI=1S/C66H43NO/c1-2-16-48(17-3-1)64-59-25-8-6-23-57(59)58-24-7-9-26-60(58)65(64)52-20-13-22-55(43-52)67(54-21-12-19-51(42-54)56-28-14-30-63-66(56)61-27-10-11-29-62(61)68-63)53-39-37-46(38-40-53)45-31-33-47(34-32-45)50-36-35-44-15-4-5-18-49(44)41-50/h1-43H. The Morgan fingerprint density at radius 1 is 0.250 bits per heavy atom. The molecule has 0 bridgehead atoms. The highest BCUT2D eigenvalue weighted by atomic mass is 16.3. The number of rotatable bonds is 8. The molecule has 318 valence electrons. The van der Waals surface area contributed by atoms with Crippen molar-refractivity contribution in [3.8, 4) is 55.6 Å². The van der Waals surface area contributed by atoms with Gasteiger partial charge in [0.15, 0.2) is 0 Å². The molecule has 12 aromatic carbocycles. The monoisotopic (exact) mass is 865 g/mol. The Kier molecular flexibility index (Phi) is 9.54. The second-order valence-corrected chi connectivity index (χ2v) is 17.6. The molecule has 0 spiro atoms. The Hall–Kier alpha value is -8.98. The molecule has 0 aliphatic rings. The van der Waals surface area contributed by atoms with Crippen LogP contribution in [-0.2, 0) is 0 Å². The van der Waals surface area contributed by atoms with E-state index in [9.17, 15) is 0 Å². The SMILES string of the molecule is c1ccc(-c2c(-c3cccc(N(c4ccc(-c5ccc(-c6ccc7ccccc7c6)cc5)cc4)c4cccc(-c5cccc6oc7ccccc7c56)c4)c3)c3ccccc3c3ccccc23)cc1. The van der Waals surface area contributed by atoms with E-state index < -0.39 is 0 Å². The predicted octanol–water partition coefficient (Wildman–Crippen LogP) is 18.9. The molecule has 2 nitrogen and oxygen atoms in total. The molecule has 0 fully saturated rings. The lowest BCUT2D eigenvalue weighted by Gasteiger charge is -2.27. The molecular weight excluding hydrogens is 823 g/mol. The lowest BCUT2D eigenvalue weighted by molar-refractivity contribution is 0.669. The first-order valence-corrected chi connectivity index (χ1v) is 23.3. The third-order valence-electron chi connectivity index (χ3n) is 13.6. The van der Waals surface area contributed by atoms with E-state index in [0.717, 1.165) is 61.3 Å². The number of anilines is 3. The van der Waals surface area contributed by atoms with Crippen molar-refractivity contribution in [1.82, 2.24) is 0 Å². The second kappa shape index (κ2) is 16.5. The summed E-state index contributed by atoms with van der Waals surface area (Å²) in [4.78, 5) is 2.40. The number of furan rings is 1. The zero-order valence-corrected chi connectivity index (χ0v) is 37.2. The van der Waals surface area contributed by atoms with Crippen LogP contribution in [0.25, 0.3) is 110 Å². The lowest BCUT2D eigenvalue weighted by atomic mass is 9.85. The smallest absolute Gasteiger partial charge is 0.136 e. The van der Waals surface area contributed by atoms with Crippen molar-refractivity contribution in [2.45, 2.75) is 0 Å². The lowest BCUT2D eigenvalue weighted by Crippen LogP contribution is -2.10. The normalized spacial score (nSPS) is 11.5. The van der Waals surface area contributed by atoms with Crippen LogP contribution >= 0.6 is 0 Å². The van der Waals surface area contributed by atoms with Gasteiger partial charge in [0.25, 0.3) is 0 Å². The van der Waals surface area contributed by atoms with Gasteiger partial charge < -0.3 is 9.32 Å². The Bertz CT molecular complexity index is 4010. The van der Waals surface area contributed by atoms with Crippen LogP contribution in [0.4, 0.5) is 17.1 Å². The van der Waals surface area contributed by atoms with E-state index in [2.05, 4.69) is 260 Å². The second-order valence-electron chi connectivity index (χ2n) is 17.6. The third-order valence-corrected chi connectivity index (χ3v) is 13.6. The first-order chi connectivity index (χ1) is 33.7. The number of nitrogens with zero attached hydrogens (tertiary/aromatic N) is 1. The molecule has 0 aliphatic heterocycles. The quantitative estimate of drug-likeness (QED) is 0.142. The van der Waals surface area contributed by atoms with Gasteiger partial charge in [-0.05, 0) is 143 Å². The molecule has 0 amide bonds. The first kappa shape index (κ1) is 39.4. The van der Waals surface area contributed by atoms with Crippen LogP contribution in [0.1, 0.15) is 0 Å². The van der Waals surface area contributed by atoms with Crippen molar-refractivity contribution < 1.29 is 4.42 Å². The van der Waals surface area contributed by atoms with Gasteiger partial charge in [0.1, 0.15) is 11.2 Å². The molecule has 2 heteroatoms. The van der Waals surface area contributed by atoms with Crippen LogP contribution in [0.5, 0.6) is 0 Å². The summed E-state index contributed by atoms with van der Waals surface area (Å²) in [5, 5.41) is 9.71. The van der Waals surface area contributed by atoms with E-state index in [4.69, 9.17) is 4.42 Å². The maximum atomic E-state index is 6.37. The van der Waals surface area contributed by atoms with E-state index in [-0.39, 0.29) is 0 Å². The van der Waals surface area contributed by atoms with Crippen molar-refractivity contribution >= 4 is 71.3 Å². The minimum Gasteiger partial charge on any atom is -0.456 e. The van der Waals surface area contributed by atoms with Gasteiger partial charge in [-0.1, -0.05) is 206 Å². The summed E-state index contributed by atoms with van der Waals surface area (Å²) >= 11 is 0. The number of para-hydroxylation sites is 1. The topological polar surface area (TPSA) is 16.4 Å². The average molecular weight is 866 g/mol. The Balaban J connectivity index is 0.962. The van der Waals surface area contributed by atoms with Gasteiger partial charge in [-0.25, -0.2) is 0 Å². The minimum absolute atomic E-state index is 0.886. The summed E-state index contributed by atoms with van der Waals surface area (Å²) in [5.74, 6) is 0. The van der Waals surface area contributed by atoms with Crippen LogP contribution in [0.2, 0.25) is 0 Å². The van der Waals surface area contributed by atoms with E-state index in [0.29, 0.717) is 0 Å². The highest BCUT2D eigenvalue weighted by Gasteiger charge is 2.21. The zero-order chi connectivity index (χ0) is 45.0.